The second kappa shape index (κ2) is 7.30. The molecule has 0 radical (unpaired) electrons. The largest absolute Gasteiger partial charge is 0.370 e. The maximum Gasteiger partial charge on any atom is 0.217 e. The van der Waals surface area contributed by atoms with Crippen molar-refractivity contribution in [2.45, 2.75) is 58.4 Å². The third-order valence-electron chi connectivity index (χ3n) is 4.16. The first-order valence-electron chi connectivity index (χ1n) is 8.00. The maximum absolute atomic E-state index is 11.0. The number of amides is 1. The number of aryl methyl sites for hydroxylation is 1. The van der Waals surface area contributed by atoms with Crippen LogP contribution in [0.5, 0.6) is 0 Å². The zero-order valence-corrected chi connectivity index (χ0v) is 13.1. The highest BCUT2D eigenvalue weighted by molar-refractivity contribution is 5.85. The molecule has 0 aliphatic heterocycles. The summed E-state index contributed by atoms with van der Waals surface area (Å²) in [5, 5.41) is 1.25. The Hall–Kier alpha value is -1.77. The van der Waals surface area contributed by atoms with Gasteiger partial charge in [-0.3, -0.25) is 4.79 Å². The van der Waals surface area contributed by atoms with Crippen molar-refractivity contribution in [3.8, 4) is 0 Å². The molecule has 1 amide bonds. The van der Waals surface area contributed by atoms with Gasteiger partial charge in [0.15, 0.2) is 0 Å². The summed E-state index contributed by atoms with van der Waals surface area (Å²) in [7, 11) is 0. The summed E-state index contributed by atoms with van der Waals surface area (Å²) in [6, 6.07) is 8.93. The molecule has 1 atom stereocenters. The van der Waals surface area contributed by atoms with E-state index in [4.69, 9.17) is 5.73 Å². The van der Waals surface area contributed by atoms with Gasteiger partial charge in [-0.25, -0.2) is 0 Å². The fourth-order valence-corrected chi connectivity index (χ4v) is 2.93. The van der Waals surface area contributed by atoms with Crippen molar-refractivity contribution in [2.75, 3.05) is 0 Å². The summed E-state index contributed by atoms with van der Waals surface area (Å²) in [5.41, 5.74) is 7.78. The Labute approximate surface area is 127 Å². The number of fused-ring (bicyclic) bond motifs is 1. The Morgan fingerprint density at radius 1 is 1.29 bits per heavy atom. The number of primary amides is 1. The van der Waals surface area contributed by atoms with Crippen molar-refractivity contribution in [1.82, 2.24) is 4.57 Å². The van der Waals surface area contributed by atoms with E-state index >= 15 is 0 Å². The van der Waals surface area contributed by atoms with Crippen LogP contribution in [0.4, 0.5) is 0 Å². The van der Waals surface area contributed by atoms with E-state index in [9.17, 15) is 4.79 Å². The Morgan fingerprint density at radius 3 is 2.76 bits per heavy atom. The molecular formula is C18H26N2O. The number of hydrogen-bond acceptors (Lipinski definition) is 1. The Kier molecular flexibility index (Phi) is 5.43. The SMILES string of the molecule is CCCCCC(C)n1cc(CCC(N)=O)c2ccccc21. The van der Waals surface area contributed by atoms with Crippen LogP contribution in [0.25, 0.3) is 10.9 Å². The first-order chi connectivity index (χ1) is 10.1. The quantitative estimate of drug-likeness (QED) is 0.726. The number of aromatic nitrogens is 1. The molecule has 2 N–H and O–H groups in total. The second-order valence-corrected chi connectivity index (χ2v) is 5.89. The van der Waals surface area contributed by atoms with Crippen LogP contribution >= 0.6 is 0 Å². The molecule has 0 fully saturated rings. The van der Waals surface area contributed by atoms with Gasteiger partial charge < -0.3 is 10.3 Å². The molecule has 2 aromatic rings. The summed E-state index contributed by atoms with van der Waals surface area (Å²) in [4.78, 5) is 11.0. The zero-order chi connectivity index (χ0) is 15.2. The third kappa shape index (κ3) is 3.87. The van der Waals surface area contributed by atoms with Gasteiger partial charge in [0.05, 0.1) is 0 Å². The normalized spacial score (nSPS) is 12.7. The number of nitrogens with zero attached hydrogens (tertiary/aromatic N) is 1. The van der Waals surface area contributed by atoms with Crippen LogP contribution in [0.15, 0.2) is 30.5 Å². The molecule has 0 saturated carbocycles. The topological polar surface area (TPSA) is 48.0 Å². The average molecular weight is 286 g/mol. The van der Waals surface area contributed by atoms with Crippen molar-refractivity contribution in [2.24, 2.45) is 5.73 Å². The number of hydrogen-bond donors (Lipinski definition) is 1. The molecule has 0 saturated heterocycles. The first-order valence-corrected chi connectivity index (χ1v) is 8.00. The predicted octanol–water partition coefficient (Wildman–Crippen LogP) is 4.20. The van der Waals surface area contributed by atoms with Gasteiger partial charge in [-0.2, -0.15) is 0 Å². The number of benzene rings is 1. The van der Waals surface area contributed by atoms with E-state index in [0.717, 1.165) is 6.42 Å². The maximum atomic E-state index is 11.0. The van der Waals surface area contributed by atoms with Gasteiger partial charge in [-0.1, -0.05) is 44.4 Å². The number of rotatable bonds is 8. The highest BCUT2D eigenvalue weighted by Crippen LogP contribution is 2.27. The zero-order valence-electron chi connectivity index (χ0n) is 13.1. The molecule has 3 heteroatoms. The summed E-state index contributed by atoms with van der Waals surface area (Å²) in [6.07, 6.45) is 8.36. The summed E-state index contributed by atoms with van der Waals surface area (Å²) < 4.78 is 2.36. The van der Waals surface area contributed by atoms with Crippen molar-refractivity contribution in [1.29, 1.82) is 0 Å². The van der Waals surface area contributed by atoms with Crippen LogP contribution in [0.2, 0.25) is 0 Å². The van der Waals surface area contributed by atoms with Gasteiger partial charge in [-0.15, -0.1) is 0 Å². The molecule has 3 nitrogen and oxygen atoms in total. The van der Waals surface area contributed by atoms with Crippen LogP contribution in [0, 0.1) is 0 Å². The van der Waals surface area contributed by atoms with E-state index in [1.54, 1.807) is 0 Å². The van der Waals surface area contributed by atoms with E-state index in [0.29, 0.717) is 12.5 Å². The lowest BCUT2D eigenvalue weighted by atomic mass is 10.1. The lowest BCUT2D eigenvalue weighted by molar-refractivity contribution is -0.117. The molecule has 0 bridgehead atoms. The number of para-hydroxylation sites is 1. The number of carbonyl (C=O) groups is 1. The minimum absolute atomic E-state index is 0.233. The van der Waals surface area contributed by atoms with Crippen molar-refractivity contribution in [3.05, 3.63) is 36.0 Å². The minimum Gasteiger partial charge on any atom is -0.370 e. The number of unbranched alkanes of at least 4 members (excludes halogenated alkanes) is 2. The van der Waals surface area contributed by atoms with E-state index in [1.807, 2.05) is 0 Å². The van der Waals surface area contributed by atoms with Gasteiger partial charge in [-0.05, 0) is 31.4 Å². The fraction of sp³-hybridized carbons (Fsp3) is 0.500. The van der Waals surface area contributed by atoms with Crippen LogP contribution in [0.1, 0.15) is 57.6 Å². The van der Waals surface area contributed by atoms with Crippen LogP contribution in [-0.4, -0.2) is 10.5 Å². The molecule has 1 unspecified atom stereocenters. The van der Waals surface area contributed by atoms with E-state index in [2.05, 4.69) is 48.9 Å². The van der Waals surface area contributed by atoms with E-state index in [1.165, 1.54) is 42.1 Å². The first kappa shape index (κ1) is 15.6. The standard InChI is InChI=1S/C18H26N2O/c1-3-4-5-8-14(2)20-13-15(11-12-18(19)21)16-9-6-7-10-17(16)20/h6-7,9-10,13-14H,3-5,8,11-12H2,1-2H3,(H2,19,21). The highest BCUT2D eigenvalue weighted by Gasteiger charge is 2.12. The molecule has 114 valence electrons. The summed E-state index contributed by atoms with van der Waals surface area (Å²) in [5.74, 6) is -0.233. The fourth-order valence-electron chi connectivity index (χ4n) is 2.93. The average Bonchev–Trinajstić information content (AvgIpc) is 2.84. The number of carbonyl (C=O) groups excluding carboxylic acids is 1. The minimum atomic E-state index is -0.233. The van der Waals surface area contributed by atoms with Gasteiger partial charge in [0.25, 0.3) is 0 Å². The van der Waals surface area contributed by atoms with E-state index < -0.39 is 0 Å². The molecule has 1 aromatic carbocycles. The Morgan fingerprint density at radius 2 is 2.05 bits per heavy atom. The molecule has 2 rings (SSSR count). The van der Waals surface area contributed by atoms with Crippen LogP contribution in [-0.2, 0) is 11.2 Å². The van der Waals surface area contributed by atoms with Gasteiger partial charge in [0.1, 0.15) is 0 Å². The van der Waals surface area contributed by atoms with E-state index in [-0.39, 0.29) is 5.91 Å². The van der Waals surface area contributed by atoms with Crippen molar-refractivity contribution >= 4 is 16.8 Å². The van der Waals surface area contributed by atoms with Gasteiger partial charge in [0, 0.05) is 29.6 Å². The van der Waals surface area contributed by atoms with Crippen LogP contribution < -0.4 is 5.73 Å². The Balaban J connectivity index is 2.24. The summed E-state index contributed by atoms with van der Waals surface area (Å²) in [6.45, 7) is 4.51. The molecular weight excluding hydrogens is 260 g/mol. The van der Waals surface area contributed by atoms with Crippen LogP contribution in [0.3, 0.4) is 0 Å². The lowest BCUT2D eigenvalue weighted by Gasteiger charge is -2.15. The Bertz CT molecular complexity index is 600. The van der Waals surface area contributed by atoms with Gasteiger partial charge in [0.2, 0.25) is 5.91 Å². The molecule has 0 aliphatic carbocycles. The molecule has 1 aromatic heterocycles. The summed E-state index contributed by atoms with van der Waals surface area (Å²) >= 11 is 0. The van der Waals surface area contributed by atoms with Crippen molar-refractivity contribution in [3.63, 3.8) is 0 Å². The smallest absolute Gasteiger partial charge is 0.217 e. The molecule has 21 heavy (non-hydrogen) atoms. The van der Waals surface area contributed by atoms with Crippen molar-refractivity contribution < 1.29 is 4.79 Å². The molecule has 1 heterocycles. The molecule has 0 spiro atoms. The lowest BCUT2D eigenvalue weighted by Crippen LogP contribution is -2.11. The third-order valence-corrected chi connectivity index (χ3v) is 4.16. The predicted molar refractivity (Wildman–Crippen MR) is 88.3 cm³/mol. The highest BCUT2D eigenvalue weighted by atomic mass is 16.1. The van der Waals surface area contributed by atoms with Gasteiger partial charge >= 0.3 is 0 Å². The number of nitrogens with two attached hydrogens (primary N) is 1. The second-order valence-electron chi connectivity index (χ2n) is 5.89. The molecule has 0 aliphatic rings. The monoisotopic (exact) mass is 286 g/mol.